The van der Waals surface area contributed by atoms with Gasteiger partial charge in [0, 0.05) is 12.6 Å². The summed E-state index contributed by atoms with van der Waals surface area (Å²) in [7, 11) is 2.12. The Morgan fingerprint density at radius 3 is 2.65 bits per heavy atom. The molecule has 0 spiro atoms. The maximum absolute atomic E-state index is 13.5. The van der Waals surface area contributed by atoms with Crippen molar-refractivity contribution >= 4 is 0 Å². The molecule has 1 aliphatic heterocycles. The van der Waals surface area contributed by atoms with Crippen molar-refractivity contribution in [2.75, 3.05) is 20.1 Å². The van der Waals surface area contributed by atoms with E-state index >= 15 is 0 Å². The third-order valence-electron chi connectivity index (χ3n) is 3.87. The van der Waals surface area contributed by atoms with E-state index in [0.29, 0.717) is 12.0 Å². The van der Waals surface area contributed by atoms with Crippen molar-refractivity contribution in [3.63, 3.8) is 0 Å². The molecule has 2 unspecified atom stereocenters. The van der Waals surface area contributed by atoms with Crippen LogP contribution in [0.15, 0.2) is 12.1 Å². The van der Waals surface area contributed by atoms with Crippen molar-refractivity contribution in [2.24, 2.45) is 11.7 Å². The molecule has 2 N–H and O–H groups in total. The lowest BCUT2D eigenvalue weighted by atomic mass is 9.94. The van der Waals surface area contributed by atoms with Crippen LogP contribution in [0.25, 0.3) is 0 Å². The summed E-state index contributed by atoms with van der Waals surface area (Å²) in [6.45, 7) is 5.59. The van der Waals surface area contributed by atoms with Crippen molar-refractivity contribution < 1.29 is 4.39 Å². The molecule has 94 valence electrons. The number of halogens is 1. The Morgan fingerprint density at radius 2 is 2.06 bits per heavy atom. The fourth-order valence-corrected chi connectivity index (χ4v) is 2.80. The van der Waals surface area contributed by atoms with Gasteiger partial charge < -0.3 is 5.73 Å². The lowest BCUT2D eigenvalue weighted by molar-refractivity contribution is 0.312. The molecule has 2 rings (SSSR count). The van der Waals surface area contributed by atoms with Crippen LogP contribution < -0.4 is 5.73 Å². The molecule has 0 aromatic heterocycles. The van der Waals surface area contributed by atoms with Gasteiger partial charge in [0.05, 0.1) is 0 Å². The highest BCUT2D eigenvalue weighted by atomic mass is 19.1. The van der Waals surface area contributed by atoms with Gasteiger partial charge in [0.2, 0.25) is 0 Å². The van der Waals surface area contributed by atoms with E-state index in [1.165, 1.54) is 5.56 Å². The molecule has 2 atom stereocenters. The van der Waals surface area contributed by atoms with Crippen LogP contribution in [-0.4, -0.2) is 25.0 Å². The molecule has 1 aromatic carbocycles. The molecule has 0 radical (unpaired) electrons. The Labute approximate surface area is 103 Å². The van der Waals surface area contributed by atoms with E-state index in [-0.39, 0.29) is 5.82 Å². The van der Waals surface area contributed by atoms with Crippen LogP contribution in [0.2, 0.25) is 0 Å². The third-order valence-corrected chi connectivity index (χ3v) is 3.87. The smallest absolute Gasteiger partial charge is 0.126 e. The first kappa shape index (κ1) is 12.5. The van der Waals surface area contributed by atoms with Crippen LogP contribution in [0.1, 0.15) is 29.2 Å². The first-order valence-electron chi connectivity index (χ1n) is 6.20. The van der Waals surface area contributed by atoms with Crippen molar-refractivity contribution in [3.05, 3.63) is 34.6 Å². The Bertz CT molecular complexity index is 417. The zero-order chi connectivity index (χ0) is 12.6. The highest BCUT2D eigenvalue weighted by molar-refractivity contribution is 5.34. The van der Waals surface area contributed by atoms with Gasteiger partial charge in [-0.1, -0.05) is 6.07 Å². The first-order chi connectivity index (χ1) is 8.02. The second-order valence-electron chi connectivity index (χ2n) is 5.25. The Kier molecular flexibility index (Phi) is 3.50. The minimum atomic E-state index is -0.109. The third kappa shape index (κ3) is 2.35. The zero-order valence-electron chi connectivity index (χ0n) is 10.8. The van der Waals surface area contributed by atoms with Gasteiger partial charge in [0.1, 0.15) is 5.82 Å². The quantitative estimate of drug-likeness (QED) is 0.854. The van der Waals surface area contributed by atoms with E-state index in [1.807, 2.05) is 19.9 Å². The van der Waals surface area contributed by atoms with Crippen LogP contribution in [0.5, 0.6) is 0 Å². The minimum Gasteiger partial charge on any atom is -0.330 e. The standard InChI is InChI=1S/C14H21FN2/c1-9-5-13(15)10(2)4-12(9)14-6-11(7-16)8-17(14)3/h4-5,11,14H,6-8,16H2,1-3H3. The lowest BCUT2D eigenvalue weighted by Gasteiger charge is -2.22. The predicted octanol–water partition coefficient (Wildman–Crippen LogP) is 2.39. The van der Waals surface area contributed by atoms with Gasteiger partial charge in [-0.15, -0.1) is 0 Å². The maximum atomic E-state index is 13.5. The summed E-state index contributed by atoms with van der Waals surface area (Å²) in [5, 5.41) is 0. The molecule has 1 heterocycles. The van der Waals surface area contributed by atoms with E-state index in [1.54, 1.807) is 6.07 Å². The zero-order valence-corrected chi connectivity index (χ0v) is 10.8. The van der Waals surface area contributed by atoms with E-state index in [2.05, 4.69) is 11.9 Å². The number of aryl methyl sites for hydroxylation is 2. The van der Waals surface area contributed by atoms with Gasteiger partial charge in [-0.05, 0) is 62.5 Å². The normalized spacial score (nSPS) is 25.5. The SMILES string of the molecule is Cc1cc(C2CC(CN)CN2C)c(C)cc1F. The summed E-state index contributed by atoms with van der Waals surface area (Å²) in [6.07, 6.45) is 1.08. The summed E-state index contributed by atoms with van der Waals surface area (Å²) in [5.74, 6) is 0.456. The number of hydrogen-bond donors (Lipinski definition) is 1. The second kappa shape index (κ2) is 4.75. The largest absolute Gasteiger partial charge is 0.330 e. The van der Waals surface area contributed by atoms with E-state index in [9.17, 15) is 4.39 Å². The Morgan fingerprint density at radius 1 is 1.35 bits per heavy atom. The van der Waals surface area contributed by atoms with Crippen LogP contribution in [0.4, 0.5) is 4.39 Å². The molecule has 1 saturated heterocycles. The summed E-state index contributed by atoms with van der Waals surface area (Å²) >= 11 is 0. The monoisotopic (exact) mass is 236 g/mol. The fourth-order valence-electron chi connectivity index (χ4n) is 2.80. The molecule has 1 aromatic rings. The van der Waals surface area contributed by atoms with E-state index < -0.39 is 0 Å². The molecule has 0 saturated carbocycles. The van der Waals surface area contributed by atoms with Gasteiger partial charge in [0.15, 0.2) is 0 Å². The number of hydrogen-bond acceptors (Lipinski definition) is 2. The molecule has 1 fully saturated rings. The number of nitrogens with zero attached hydrogens (tertiary/aromatic N) is 1. The van der Waals surface area contributed by atoms with Gasteiger partial charge >= 0.3 is 0 Å². The summed E-state index contributed by atoms with van der Waals surface area (Å²) < 4.78 is 13.5. The summed E-state index contributed by atoms with van der Waals surface area (Å²) in [4.78, 5) is 2.33. The second-order valence-corrected chi connectivity index (χ2v) is 5.25. The van der Waals surface area contributed by atoms with Crippen LogP contribution in [-0.2, 0) is 0 Å². The van der Waals surface area contributed by atoms with Crippen LogP contribution >= 0.6 is 0 Å². The van der Waals surface area contributed by atoms with E-state index in [0.717, 1.165) is 30.6 Å². The number of rotatable bonds is 2. The number of nitrogens with two attached hydrogens (primary N) is 1. The Balaban J connectivity index is 2.31. The van der Waals surface area contributed by atoms with Crippen molar-refractivity contribution in [3.8, 4) is 0 Å². The Hall–Kier alpha value is -0.930. The van der Waals surface area contributed by atoms with Gasteiger partial charge in [-0.25, -0.2) is 4.39 Å². The van der Waals surface area contributed by atoms with Crippen LogP contribution in [0.3, 0.4) is 0 Å². The van der Waals surface area contributed by atoms with Gasteiger partial charge in [-0.2, -0.15) is 0 Å². The van der Waals surface area contributed by atoms with Gasteiger partial charge in [0.25, 0.3) is 0 Å². The van der Waals surface area contributed by atoms with Gasteiger partial charge in [-0.3, -0.25) is 4.90 Å². The highest BCUT2D eigenvalue weighted by Crippen LogP contribution is 2.35. The molecule has 0 amide bonds. The number of likely N-dealkylation sites (tertiary alicyclic amines) is 1. The molecule has 2 nitrogen and oxygen atoms in total. The van der Waals surface area contributed by atoms with E-state index in [4.69, 9.17) is 5.73 Å². The minimum absolute atomic E-state index is 0.109. The number of benzene rings is 1. The molecule has 17 heavy (non-hydrogen) atoms. The average molecular weight is 236 g/mol. The summed E-state index contributed by atoms with van der Waals surface area (Å²) in [5.41, 5.74) is 8.77. The molecule has 1 aliphatic rings. The highest BCUT2D eigenvalue weighted by Gasteiger charge is 2.30. The molecule has 0 aliphatic carbocycles. The van der Waals surface area contributed by atoms with Crippen LogP contribution in [0, 0.1) is 25.6 Å². The van der Waals surface area contributed by atoms with Crippen molar-refractivity contribution in [2.45, 2.75) is 26.3 Å². The molecular formula is C14H21FN2. The van der Waals surface area contributed by atoms with Crippen molar-refractivity contribution in [1.29, 1.82) is 0 Å². The summed E-state index contributed by atoms with van der Waals surface area (Å²) in [6, 6.07) is 4.03. The lowest BCUT2D eigenvalue weighted by Crippen LogP contribution is -2.21. The topological polar surface area (TPSA) is 29.3 Å². The maximum Gasteiger partial charge on any atom is 0.126 e. The first-order valence-corrected chi connectivity index (χ1v) is 6.20. The molecule has 0 bridgehead atoms. The van der Waals surface area contributed by atoms with Crippen molar-refractivity contribution in [1.82, 2.24) is 4.90 Å². The molecular weight excluding hydrogens is 215 g/mol. The average Bonchev–Trinajstić information content (AvgIpc) is 2.65. The molecule has 3 heteroatoms. The fraction of sp³-hybridized carbons (Fsp3) is 0.571. The predicted molar refractivity (Wildman–Crippen MR) is 68.4 cm³/mol.